The molecule has 0 saturated carbocycles. The number of halogens is 10. The number of nitrogens with one attached hydrogen (secondary N) is 2. The van der Waals surface area contributed by atoms with Crippen molar-refractivity contribution in [1.29, 1.82) is 0 Å². The predicted octanol–water partition coefficient (Wildman–Crippen LogP) is 20.1. The number of esters is 2. The molecule has 0 aliphatic carbocycles. The van der Waals surface area contributed by atoms with E-state index in [1.54, 1.807) is 92.1 Å². The zero-order chi connectivity index (χ0) is 102. The van der Waals surface area contributed by atoms with E-state index in [1.165, 1.54) is 30.3 Å². The number of alkyl carbamates (subject to hydrolysis) is 1. The van der Waals surface area contributed by atoms with E-state index in [-0.39, 0.29) is 91.5 Å². The zero-order valence-corrected chi connectivity index (χ0v) is 78.9. The zero-order valence-electron chi connectivity index (χ0n) is 77.3. The van der Waals surface area contributed by atoms with Crippen LogP contribution >= 0.6 is 15.9 Å². The summed E-state index contributed by atoms with van der Waals surface area (Å²) in [6, 6.07) is 42.0. The maximum atomic E-state index is 13.7. The average Bonchev–Trinajstić information content (AvgIpc) is 0.803. The maximum Gasteiger partial charge on any atom is 0.407 e. The first-order valence-corrected chi connectivity index (χ1v) is 43.8. The van der Waals surface area contributed by atoms with Gasteiger partial charge in [-0.25, -0.2) is 98.6 Å². The Morgan fingerprint density at radius 2 is 0.752 bits per heavy atom. The van der Waals surface area contributed by atoms with Crippen molar-refractivity contribution in [2.24, 2.45) is 5.73 Å². The first-order chi connectivity index (χ1) is 66.6. The molecule has 0 atom stereocenters. The molecule has 734 valence electrons. The van der Waals surface area contributed by atoms with Gasteiger partial charge in [0.1, 0.15) is 16.8 Å². The fourth-order valence-electron chi connectivity index (χ4n) is 12.1. The fourth-order valence-corrected chi connectivity index (χ4v) is 12.3. The second-order valence-electron chi connectivity index (χ2n) is 33.2. The molecule has 37 heteroatoms. The van der Waals surface area contributed by atoms with Crippen molar-refractivity contribution < 1.29 is 78.3 Å². The van der Waals surface area contributed by atoms with Crippen LogP contribution in [-0.2, 0) is 50.1 Å². The second kappa shape index (κ2) is 53.4. The molecule has 141 heavy (non-hydrogen) atoms. The summed E-state index contributed by atoms with van der Waals surface area (Å²) in [6.45, 7) is 21.0. The molecule has 7 heterocycles. The van der Waals surface area contributed by atoms with E-state index in [4.69, 9.17) is 25.1 Å². The molecule has 0 aliphatic heterocycles. The Morgan fingerprint density at radius 1 is 0.426 bits per heavy atom. The molecule has 0 radical (unpaired) electrons. The third kappa shape index (κ3) is 36.7. The van der Waals surface area contributed by atoms with E-state index in [1.807, 2.05) is 159 Å². The standard InChI is InChI=1S/C30H27F3N4O3.C24H18F3N5O.C19H23N3O3.C11H9BrN2O.C10H5F3N2O.C9H16O2.CH4/c1-30(2,3)40-27(39)10-5-4-7-20-16-34-29(35-17-20)21-9-6-8-19(13-21)18-37-26(38)12-11-25(36-37)22-14-23(31)28(33)24(32)15-22;25-19-10-18(11-20(26)23(19)27)21-6-7-22(33)32(31-21)14-15-3-1-5-17(9-15)24-29-12-16(13-30-24)4-2-8-28;1-19(2,3)25-18(24)20-9-5-7-15-11-21-17(22-12-15)16-8-4-6-14(10-16)13-23;12-10-5-13-11(14-6-10)9-3-1-2-8(4-9)7-15;11-6-3-5(4-7(12)10(6)13)8-1-2-9(16)15-14-8;1-5-6-7-8(10)11-9(2,3)4;/h4,6-9,11-17H,5,10,18H2,1-3H3;1-7,9-13H,8,14,28H2;4-8,10-12,23H,9,13H2,1-3H3,(H,20,24);1-6,15H,7H2;1-4H,(H,15,16);5H,1,6-7H2,2-4H3;1H4/b7-4+;4-2+;7-5+;;;;. The minimum Gasteiger partial charge on any atom is -0.460 e. The summed E-state index contributed by atoms with van der Waals surface area (Å²) >= 11 is 3.28. The average molecular weight is 2000 g/mol. The number of benzene rings is 7. The minimum atomic E-state index is -1.57. The van der Waals surface area contributed by atoms with E-state index < -0.39 is 86.3 Å². The highest BCUT2D eigenvalue weighted by molar-refractivity contribution is 9.10. The Labute approximate surface area is 814 Å². The Bertz CT molecular complexity index is 6790. The van der Waals surface area contributed by atoms with Gasteiger partial charge in [-0.1, -0.05) is 123 Å². The van der Waals surface area contributed by atoms with E-state index in [2.05, 4.69) is 88.1 Å². The number of aromatic amines is 1. The van der Waals surface area contributed by atoms with E-state index in [9.17, 15) is 73.4 Å². The van der Waals surface area contributed by atoms with Crippen LogP contribution < -0.4 is 27.7 Å². The highest BCUT2D eigenvalue weighted by Crippen LogP contribution is 2.28. The van der Waals surface area contributed by atoms with Crippen molar-refractivity contribution in [1.82, 2.24) is 74.9 Å². The molecule has 27 nitrogen and oxygen atoms in total. The van der Waals surface area contributed by atoms with Crippen molar-refractivity contribution in [2.45, 2.75) is 139 Å². The van der Waals surface area contributed by atoms with Gasteiger partial charge in [0.25, 0.3) is 16.7 Å². The van der Waals surface area contributed by atoms with Gasteiger partial charge in [0.2, 0.25) is 0 Å². The smallest absolute Gasteiger partial charge is 0.407 e. The quantitative estimate of drug-likeness (QED) is 0.0117. The molecule has 0 spiro atoms. The summed E-state index contributed by atoms with van der Waals surface area (Å²) < 4.78 is 138. The van der Waals surface area contributed by atoms with Crippen molar-refractivity contribution in [3.05, 3.63) is 377 Å². The normalized spacial score (nSPS) is 11.1. The van der Waals surface area contributed by atoms with Crippen molar-refractivity contribution >= 4 is 52.2 Å². The van der Waals surface area contributed by atoms with E-state index >= 15 is 0 Å². The summed E-state index contributed by atoms with van der Waals surface area (Å²) in [4.78, 5) is 104. The van der Waals surface area contributed by atoms with Crippen LogP contribution in [0.3, 0.4) is 0 Å². The van der Waals surface area contributed by atoms with Gasteiger partial charge in [-0.2, -0.15) is 15.3 Å². The largest absolute Gasteiger partial charge is 0.460 e. The number of H-pyrrole nitrogens is 1. The molecule has 0 saturated heterocycles. The van der Waals surface area contributed by atoms with Gasteiger partial charge < -0.3 is 35.5 Å². The van der Waals surface area contributed by atoms with E-state index in [0.717, 1.165) is 112 Å². The predicted molar refractivity (Wildman–Crippen MR) is 523 cm³/mol. The van der Waals surface area contributed by atoms with Gasteiger partial charge >= 0.3 is 18.0 Å². The number of nitrogens with two attached hydrogens (primary N) is 1. The van der Waals surface area contributed by atoms with Crippen molar-refractivity contribution in [3.63, 3.8) is 0 Å². The number of rotatable bonds is 25. The Hall–Kier alpha value is -15.6. The minimum absolute atomic E-state index is 0. The van der Waals surface area contributed by atoms with Gasteiger partial charge in [0, 0.05) is 149 Å². The number of aliphatic hydroxyl groups excluding tert-OH is 2. The molecular formula is C104H102BrF9N16O11. The topological polar surface area (TPSA) is 376 Å². The molecule has 1 amide bonds. The van der Waals surface area contributed by atoms with Crippen LogP contribution in [0.2, 0.25) is 0 Å². The van der Waals surface area contributed by atoms with Crippen LogP contribution in [0.25, 0.3) is 97.6 Å². The maximum absolute atomic E-state index is 13.7. The number of nitrogens with zero attached hydrogens (tertiary/aromatic N) is 13. The van der Waals surface area contributed by atoms with Crippen LogP contribution in [-0.4, -0.2) is 128 Å². The number of carbonyl (C=O) groups excluding carboxylic acids is 3. The third-order valence-electron chi connectivity index (χ3n) is 18.4. The summed E-state index contributed by atoms with van der Waals surface area (Å²) in [5, 5.41) is 34.9. The first kappa shape index (κ1) is 111. The van der Waals surface area contributed by atoms with Crippen LogP contribution in [0.5, 0.6) is 0 Å². The Morgan fingerprint density at radius 3 is 1.09 bits per heavy atom. The second-order valence-corrected chi connectivity index (χ2v) is 34.1. The number of amides is 1. The third-order valence-corrected chi connectivity index (χ3v) is 18.8. The van der Waals surface area contributed by atoms with E-state index in [0.29, 0.717) is 61.2 Å². The highest BCUT2D eigenvalue weighted by atomic mass is 79.9. The van der Waals surface area contributed by atoms with Crippen LogP contribution in [0.4, 0.5) is 44.3 Å². The first-order valence-electron chi connectivity index (χ1n) is 43.0. The number of aromatic nitrogens is 14. The highest BCUT2D eigenvalue weighted by Gasteiger charge is 2.22. The van der Waals surface area contributed by atoms with Crippen molar-refractivity contribution in [2.75, 3.05) is 13.1 Å². The van der Waals surface area contributed by atoms with Gasteiger partial charge in [0.05, 0.1) is 47.9 Å². The molecule has 0 aliphatic rings. The molecular weight excluding hydrogens is 1900 g/mol. The Kier molecular flexibility index (Phi) is 41.9. The summed E-state index contributed by atoms with van der Waals surface area (Å²) in [5.41, 5.74) is 12.1. The number of aliphatic hydroxyl groups is 2. The Balaban J connectivity index is 0.000000218. The molecule has 14 rings (SSSR count). The lowest BCUT2D eigenvalue weighted by Crippen LogP contribution is -2.32. The molecule has 7 aromatic carbocycles. The SMILES string of the molecule is C.C=CCCC(=O)OC(C)(C)C.CC(C)(C)OC(=O)CC/C=C/c1cnc(-c2cccc(Cn3nc(-c4cc(F)c(F)c(F)c4)ccc3=O)c2)nc1.CC(C)(C)OC(=O)NC/C=C/c1cnc(-c2cccc(CO)c2)nc1.NC/C=C/c1cnc(-c2cccc(Cn3nc(-c4cc(F)c(F)c(F)c4)ccc3=O)c2)nc1.O=c1ccc(-c2cc(F)c(F)c(F)c2)n[nH]1.OCc1cccc(-c2ncc(Br)cn2)c1. The fraction of sp³-hybridized carbons (Fsp3) is 0.221. The summed E-state index contributed by atoms with van der Waals surface area (Å²) in [6.07, 6.45) is 27.6. The van der Waals surface area contributed by atoms with Crippen molar-refractivity contribution in [3.8, 4) is 79.3 Å². The number of carbonyl (C=O) groups is 3. The lowest BCUT2D eigenvalue weighted by Gasteiger charge is -2.19. The number of ether oxygens (including phenoxy) is 3. The summed E-state index contributed by atoms with van der Waals surface area (Å²) in [5.74, 6) is -10.8. The molecule has 0 fully saturated rings. The van der Waals surface area contributed by atoms with Crippen LogP contribution in [0, 0.1) is 52.4 Å². The number of hydrogen-bond acceptors (Lipinski definition) is 23. The molecule has 0 unspecified atom stereocenters. The summed E-state index contributed by atoms with van der Waals surface area (Å²) in [7, 11) is 0. The molecule has 7 aromatic heterocycles. The molecule has 14 aromatic rings. The van der Waals surface area contributed by atoms with Gasteiger partial charge in [-0.3, -0.25) is 24.0 Å². The van der Waals surface area contributed by atoms with Gasteiger partial charge in [-0.05, 0) is 192 Å². The lowest BCUT2D eigenvalue weighted by molar-refractivity contribution is -0.155. The van der Waals surface area contributed by atoms with Gasteiger partial charge in [-0.15, -0.1) is 6.58 Å². The molecule has 0 bridgehead atoms. The van der Waals surface area contributed by atoms with Gasteiger partial charge in [0.15, 0.2) is 75.7 Å². The number of allylic oxidation sites excluding steroid dienone is 2. The van der Waals surface area contributed by atoms with Crippen LogP contribution in [0.1, 0.15) is 134 Å². The lowest BCUT2D eigenvalue weighted by atomic mass is 10.1. The monoisotopic (exact) mass is 2000 g/mol. The van der Waals surface area contributed by atoms with Crippen LogP contribution in [0.15, 0.2) is 269 Å². The molecule has 6 N–H and O–H groups in total. The number of hydrogen-bond donors (Lipinski definition) is 5.